The van der Waals surface area contributed by atoms with E-state index in [9.17, 15) is 4.79 Å². The van der Waals surface area contributed by atoms with Crippen LogP contribution < -0.4 is 0 Å². The van der Waals surface area contributed by atoms with Crippen molar-refractivity contribution in [2.75, 3.05) is 26.0 Å². The van der Waals surface area contributed by atoms with Gasteiger partial charge in [-0.3, -0.25) is 9.69 Å². The summed E-state index contributed by atoms with van der Waals surface area (Å²) in [6, 6.07) is 8.19. The molecule has 0 spiro atoms. The highest BCUT2D eigenvalue weighted by Gasteiger charge is 2.24. The van der Waals surface area contributed by atoms with Gasteiger partial charge >= 0.3 is 0 Å². The second-order valence-corrected chi connectivity index (χ2v) is 6.16. The van der Waals surface area contributed by atoms with E-state index in [1.54, 1.807) is 11.8 Å². The largest absolute Gasteiger partial charge is 0.396 e. The minimum atomic E-state index is 0.183. The molecule has 1 fully saturated rings. The number of hydrogen-bond acceptors (Lipinski definition) is 4. The molecule has 1 heterocycles. The van der Waals surface area contributed by atoms with Gasteiger partial charge in [0.05, 0.1) is 6.54 Å². The van der Waals surface area contributed by atoms with E-state index in [-0.39, 0.29) is 12.4 Å². The van der Waals surface area contributed by atoms with Crippen LogP contribution in [-0.2, 0) is 0 Å². The molecule has 1 unspecified atom stereocenters. The first-order chi connectivity index (χ1) is 9.74. The van der Waals surface area contributed by atoms with Crippen LogP contribution >= 0.6 is 11.8 Å². The van der Waals surface area contributed by atoms with E-state index in [1.807, 2.05) is 30.5 Å². The molecule has 1 aliphatic heterocycles. The smallest absolute Gasteiger partial charge is 0.176 e. The first kappa shape index (κ1) is 15.5. The fourth-order valence-electron chi connectivity index (χ4n) is 2.80. The van der Waals surface area contributed by atoms with Crippen LogP contribution in [0, 0.1) is 0 Å². The molecule has 1 aromatic carbocycles. The van der Waals surface area contributed by atoms with E-state index in [4.69, 9.17) is 5.11 Å². The summed E-state index contributed by atoms with van der Waals surface area (Å²) < 4.78 is 0. The topological polar surface area (TPSA) is 40.5 Å². The maximum absolute atomic E-state index is 12.4. The Bertz CT molecular complexity index is 431. The molecule has 1 atom stereocenters. The molecular weight excluding hydrogens is 270 g/mol. The van der Waals surface area contributed by atoms with Gasteiger partial charge in [0.25, 0.3) is 0 Å². The highest BCUT2D eigenvalue weighted by molar-refractivity contribution is 7.98. The van der Waals surface area contributed by atoms with E-state index in [0.29, 0.717) is 12.6 Å². The zero-order valence-electron chi connectivity index (χ0n) is 12.0. The van der Waals surface area contributed by atoms with Crippen molar-refractivity contribution in [3.05, 3.63) is 29.8 Å². The number of Topliss-reactive ketones (excluding diaryl/α,β-unsaturated/α-hetero) is 1. The zero-order valence-corrected chi connectivity index (χ0v) is 12.9. The summed E-state index contributed by atoms with van der Waals surface area (Å²) in [6.07, 6.45) is 6.26. The molecule has 0 saturated carbocycles. The van der Waals surface area contributed by atoms with Crippen LogP contribution in [0.1, 0.15) is 36.0 Å². The fraction of sp³-hybridized carbons (Fsp3) is 0.562. The monoisotopic (exact) mass is 293 g/mol. The van der Waals surface area contributed by atoms with Crippen molar-refractivity contribution in [2.45, 2.75) is 36.6 Å². The molecule has 1 N–H and O–H groups in total. The second kappa shape index (κ2) is 7.81. The second-order valence-electron chi connectivity index (χ2n) is 5.28. The lowest BCUT2D eigenvalue weighted by Crippen LogP contribution is -2.43. The van der Waals surface area contributed by atoms with Gasteiger partial charge in [-0.2, -0.15) is 0 Å². The van der Waals surface area contributed by atoms with Crippen molar-refractivity contribution >= 4 is 17.5 Å². The first-order valence-corrected chi connectivity index (χ1v) is 8.49. The van der Waals surface area contributed by atoms with Gasteiger partial charge < -0.3 is 5.11 Å². The first-order valence-electron chi connectivity index (χ1n) is 7.26. The van der Waals surface area contributed by atoms with Crippen LogP contribution in [0.2, 0.25) is 0 Å². The molecule has 0 bridgehead atoms. The number of piperidine rings is 1. The molecule has 3 nitrogen and oxygen atoms in total. The van der Waals surface area contributed by atoms with E-state index in [0.717, 1.165) is 31.4 Å². The summed E-state index contributed by atoms with van der Waals surface area (Å²) in [5.74, 6) is 0.183. The standard InChI is InChI=1S/C16H23NO2S/c1-20-15-7-5-13(6-8-15)16(19)12-17-10-3-2-4-14(17)9-11-18/h5-8,14,18H,2-4,9-12H2,1H3. The van der Waals surface area contributed by atoms with E-state index in [1.165, 1.54) is 11.3 Å². The SMILES string of the molecule is CSc1ccc(C(=O)CN2CCCCC2CCO)cc1. The van der Waals surface area contributed by atoms with Crippen LogP contribution in [0.4, 0.5) is 0 Å². The number of thioether (sulfide) groups is 1. The molecule has 0 amide bonds. The molecule has 1 saturated heterocycles. The summed E-state index contributed by atoms with van der Waals surface area (Å²) in [4.78, 5) is 15.8. The highest BCUT2D eigenvalue weighted by Crippen LogP contribution is 2.20. The number of benzene rings is 1. The van der Waals surface area contributed by atoms with Gasteiger partial charge in [-0.05, 0) is 44.2 Å². The Labute approximate surface area is 125 Å². The van der Waals surface area contributed by atoms with E-state index < -0.39 is 0 Å². The molecule has 20 heavy (non-hydrogen) atoms. The Kier molecular flexibility index (Phi) is 6.07. The average Bonchev–Trinajstić information content (AvgIpc) is 2.49. The molecule has 0 aliphatic carbocycles. The zero-order chi connectivity index (χ0) is 14.4. The highest BCUT2D eigenvalue weighted by atomic mass is 32.2. The van der Waals surface area contributed by atoms with Gasteiger partial charge in [0.2, 0.25) is 0 Å². The van der Waals surface area contributed by atoms with Crippen molar-refractivity contribution < 1.29 is 9.90 Å². The Balaban J connectivity index is 1.97. The molecule has 1 aromatic rings. The van der Waals surface area contributed by atoms with Crippen LogP contribution in [0.25, 0.3) is 0 Å². The van der Waals surface area contributed by atoms with Crippen molar-refractivity contribution in [3.63, 3.8) is 0 Å². The van der Waals surface area contributed by atoms with Crippen molar-refractivity contribution in [1.82, 2.24) is 4.90 Å². The number of carbonyl (C=O) groups excluding carboxylic acids is 1. The lowest BCUT2D eigenvalue weighted by atomic mass is 9.98. The van der Waals surface area contributed by atoms with Crippen LogP contribution in [0.15, 0.2) is 29.2 Å². The van der Waals surface area contributed by atoms with Crippen molar-refractivity contribution in [3.8, 4) is 0 Å². The minimum absolute atomic E-state index is 0.183. The number of rotatable bonds is 6. The third kappa shape index (κ3) is 4.08. The third-order valence-corrected chi connectivity index (χ3v) is 4.71. The number of aliphatic hydroxyl groups is 1. The van der Waals surface area contributed by atoms with Gasteiger partial charge in [-0.15, -0.1) is 11.8 Å². The average molecular weight is 293 g/mol. The number of likely N-dealkylation sites (tertiary alicyclic amines) is 1. The van der Waals surface area contributed by atoms with Crippen LogP contribution in [0.5, 0.6) is 0 Å². The van der Waals surface area contributed by atoms with Gasteiger partial charge in [-0.1, -0.05) is 18.6 Å². The van der Waals surface area contributed by atoms with Crippen molar-refractivity contribution in [1.29, 1.82) is 0 Å². The lowest BCUT2D eigenvalue weighted by molar-refractivity contribution is 0.0799. The van der Waals surface area contributed by atoms with Crippen LogP contribution in [0.3, 0.4) is 0 Å². The summed E-state index contributed by atoms with van der Waals surface area (Å²) in [5.41, 5.74) is 0.788. The number of ketones is 1. The maximum atomic E-state index is 12.4. The quantitative estimate of drug-likeness (QED) is 0.647. The summed E-state index contributed by atoms with van der Waals surface area (Å²) >= 11 is 1.68. The molecule has 4 heteroatoms. The Morgan fingerprint density at radius 3 is 2.75 bits per heavy atom. The van der Waals surface area contributed by atoms with Gasteiger partial charge in [0, 0.05) is 23.1 Å². The van der Waals surface area contributed by atoms with Gasteiger partial charge in [0.1, 0.15) is 0 Å². The third-order valence-electron chi connectivity index (χ3n) is 3.97. The number of carbonyl (C=O) groups is 1. The normalized spacial score (nSPS) is 20.0. The van der Waals surface area contributed by atoms with E-state index in [2.05, 4.69) is 4.90 Å². The predicted molar refractivity (Wildman–Crippen MR) is 83.5 cm³/mol. The maximum Gasteiger partial charge on any atom is 0.176 e. The Morgan fingerprint density at radius 2 is 2.10 bits per heavy atom. The summed E-state index contributed by atoms with van der Waals surface area (Å²) in [7, 11) is 0. The molecule has 0 radical (unpaired) electrons. The molecule has 1 aliphatic rings. The van der Waals surface area contributed by atoms with Gasteiger partial charge in [-0.25, -0.2) is 0 Å². The van der Waals surface area contributed by atoms with Crippen LogP contribution in [-0.4, -0.2) is 47.8 Å². The molecule has 2 rings (SSSR count). The lowest BCUT2D eigenvalue weighted by Gasteiger charge is -2.34. The molecular formula is C16H23NO2S. The minimum Gasteiger partial charge on any atom is -0.396 e. The number of aliphatic hydroxyl groups excluding tert-OH is 1. The molecule has 110 valence electrons. The van der Waals surface area contributed by atoms with Crippen molar-refractivity contribution in [2.24, 2.45) is 0 Å². The number of nitrogens with zero attached hydrogens (tertiary/aromatic N) is 1. The Hall–Kier alpha value is -0.840. The van der Waals surface area contributed by atoms with Gasteiger partial charge in [0.15, 0.2) is 5.78 Å². The number of hydrogen-bond donors (Lipinski definition) is 1. The van der Waals surface area contributed by atoms with E-state index >= 15 is 0 Å². The predicted octanol–water partition coefficient (Wildman–Crippen LogP) is 2.83. The Morgan fingerprint density at radius 1 is 1.35 bits per heavy atom. The molecule has 0 aromatic heterocycles. The summed E-state index contributed by atoms with van der Waals surface area (Å²) in [6.45, 7) is 1.65. The summed E-state index contributed by atoms with van der Waals surface area (Å²) in [5, 5.41) is 9.13. The fourth-order valence-corrected chi connectivity index (χ4v) is 3.20.